The second-order valence-corrected chi connectivity index (χ2v) is 4.83. The fourth-order valence-corrected chi connectivity index (χ4v) is 2.32. The van der Waals surface area contributed by atoms with Crippen molar-refractivity contribution in [2.45, 2.75) is 6.10 Å². The molecule has 0 aliphatic carbocycles. The highest BCUT2D eigenvalue weighted by molar-refractivity contribution is 6.03. The Balaban J connectivity index is 1.83. The van der Waals surface area contributed by atoms with Gasteiger partial charge in [0.05, 0.1) is 37.0 Å². The summed E-state index contributed by atoms with van der Waals surface area (Å²) in [5, 5.41) is 13.1. The molecule has 1 aliphatic rings. The number of pyridine rings is 1. The molecular weight excluding hydrogens is 272 g/mol. The first-order valence-electron chi connectivity index (χ1n) is 6.80. The van der Waals surface area contributed by atoms with Gasteiger partial charge in [-0.25, -0.2) is 9.78 Å². The Bertz CT molecular complexity index is 653. The minimum absolute atomic E-state index is 0.0414. The molecule has 6 heteroatoms. The summed E-state index contributed by atoms with van der Waals surface area (Å²) < 4.78 is 10.9. The smallest absolute Gasteiger partial charge is 0.336 e. The molecule has 110 valence electrons. The molecule has 2 aromatic rings. The van der Waals surface area contributed by atoms with Gasteiger partial charge in [-0.3, -0.25) is 0 Å². The van der Waals surface area contributed by atoms with Crippen LogP contribution in [0.1, 0.15) is 10.4 Å². The molecular formula is C15H16N2O4. The monoisotopic (exact) mass is 288 g/mol. The number of aromatic carboxylic acids is 1. The predicted octanol–water partition coefficient (Wildman–Crippen LogP) is 1.76. The zero-order valence-electron chi connectivity index (χ0n) is 11.4. The van der Waals surface area contributed by atoms with Crippen LogP contribution in [0.2, 0.25) is 0 Å². The lowest BCUT2D eigenvalue weighted by Crippen LogP contribution is -2.34. The lowest BCUT2D eigenvalue weighted by Gasteiger charge is -2.23. The number of aromatic nitrogens is 1. The number of fused-ring (bicyclic) bond motifs is 1. The lowest BCUT2D eigenvalue weighted by molar-refractivity contribution is -0.0819. The van der Waals surface area contributed by atoms with Gasteiger partial charge >= 0.3 is 5.97 Å². The fraction of sp³-hybridized carbons (Fsp3) is 0.333. The summed E-state index contributed by atoms with van der Waals surface area (Å²) in [4.78, 5) is 15.8. The number of hydrogen-bond donors (Lipinski definition) is 2. The summed E-state index contributed by atoms with van der Waals surface area (Å²) in [6.45, 7) is 2.27. The number of nitrogens with zero attached hydrogens (tertiary/aromatic N) is 1. The van der Waals surface area contributed by atoms with Crippen molar-refractivity contribution < 1.29 is 19.4 Å². The van der Waals surface area contributed by atoms with Gasteiger partial charge in [0.25, 0.3) is 0 Å². The Morgan fingerprint density at radius 2 is 2.24 bits per heavy atom. The van der Waals surface area contributed by atoms with Gasteiger partial charge in [0.2, 0.25) is 0 Å². The molecule has 1 aliphatic heterocycles. The molecule has 0 amide bonds. The van der Waals surface area contributed by atoms with Crippen LogP contribution in [0.25, 0.3) is 10.9 Å². The number of carbonyl (C=O) groups is 1. The van der Waals surface area contributed by atoms with E-state index in [-0.39, 0.29) is 11.7 Å². The number of carboxylic acid groups (broad SMARTS) is 1. The number of hydrogen-bond acceptors (Lipinski definition) is 5. The van der Waals surface area contributed by atoms with Crippen LogP contribution in [-0.4, -0.2) is 48.5 Å². The molecule has 0 bridgehead atoms. The van der Waals surface area contributed by atoms with E-state index >= 15 is 0 Å². The molecule has 6 nitrogen and oxygen atoms in total. The largest absolute Gasteiger partial charge is 0.478 e. The highest BCUT2D eigenvalue weighted by Crippen LogP contribution is 2.21. The van der Waals surface area contributed by atoms with Crippen LogP contribution in [0, 0.1) is 0 Å². The SMILES string of the molecule is O=C(O)c1cc(NCC2COCCO2)nc2ccccc12. The number of para-hydroxylation sites is 1. The molecule has 0 saturated carbocycles. The Morgan fingerprint density at radius 1 is 1.38 bits per heavy atom. The zero-order valence-corrected chi connectivity index (χ0v) is 11.4. The van der Waals surface area contributed by atoms with E-state index in [2.05, 4.69) is 10.3 Å². The molecule has 1 aromatic heterocycles. The Hall–Kier alpha value is -2.18. The van der Waals surface area contributed by atoms with Gasteiger partial charge < -0.3 is 19.9 Å². The van der Waals surface area contributed by atoms with E-state index in [1.54, 1.807) is 24.3 Å². The molecule has 21 heavy (non-hydrogen) atoms. The van der Waals surface area contributed by atoms with Gasteiger partial charge in [0.15, 0.2) is 0 Å². The van der Waals surface area contributed by atoms with Gasteiger partial charge in [-0.15, -0.1) is 0 Å². The van der Waals surface area contributed by atoms with Gasteiger partial charge in [-0.05, 0) is 12.1 Å². The average molecular weight is 288 g/mol. The van der Waals surface area contributed by atoms with E-state index in [1.807, 2.05) is 6.07 Å². The van der Waals surface area contributed by atoms with Crippen molar-refractivity contribution in [2.75, 3.05) is 31.7 Å². The third kappa shape index (κ3) is 3.12. The van der Waals surface area contributed by atoms with Crippen molar-refractivity contribution in [2.24, 2.45) is 0 Å². The van der Waals surface area contributed by atoms with E-state index < -0.39 is 5.97 Å². The predicted molar refractivity (Wildman–Crippen MR) is 77.8 cm³/mol. The van der Waals surface area contributed by atoms with Crippen molar-refractivity contribution >= 4 is 22.7 Å². The number of ether oxygens (including phenoxy) is 2. The molecule has 3 rings (SSSR count). The zero-order chi connectivity index (χ0) is 14.7. The van der Waals surface area contributed by atoms with E-state index in [9.17, 15) is 9.90 Å². The molecule has 2 heterocycles. The third-order valence-corrected chi connectivity index (χ3v) is 3.34. The van der Waals surface area contributed by atoms with E-state index in [0.29, 0.717) is 43.1 Å². The summed E-state index contributed by atoms with van der Waals surface area (Å²) >= 11 is 0. The van der Waals surface area contributed by atoms with Crippen LogP contribution in [0.15, 0.2) is 30.3 Å². The van der Waals surface area contributed by atoms with Gasteiger partial charge in [0.1, 0.15) is 5.82 Å². The van der Waals surface area contributed by atoms with E-state index in [1.165, 1.54) is 0 Å². The molecule has 0 radical (unpaired) electrons. The highest BCUT2D eigenvalue weighted by Gasteiger charge is 2.15. The second-order valence-electron chi connectivity index (χ2n) is 4.83. The fourth-order valence-electron chi connectivity index (χ4n) is 2.32. The number of carboxylic acids is 1. The molecule has 1 atom stereocenters. The Kier molecular flexibility index (Phi) is 3.98. The maximum absolute atomic E-state index is 11.4. The van der Waals surface area contributed by atoms with E-state index in [4.69, 9.17) is 9.47 Å². The van der Waals surface area contributed by atoms with Gasteiger partial charge in [-0.1, -0.05) is 18.2 Å². The van der Waals surface area contributed by atoms with Crippen molar-refractivity contribution in [3.8, 4) is 0 Å². The first-order valence-corrected chi connectivity index (χ1v) is 6.80. The Morgan fingerprint density at radius 3 is 3.00 bits per heavy atom. The third-order valence-electron chi connectivity index (χ3n) is 3.34. The summed E-state index contributed by atoms with van der Waals surface area (Å²) in [5.41, 5.74) is 0.893. The quantitative estimate of drug-likeness (QED) is 0.892. The lowest BCUT2D eigenvalue weighted by atomic mass is 10.1. The number of benzene rings is 1. The number of nitrogens with one attached hydrogen (secondary N) is 1. The standard InChI is InChI=1S/C15H16N2O4/c18-15(19)12-7-14(16-8-10-9-20-5-6-21-10)17-13-4-2-1-3-11(12)13/h1-4,7,10H,5-6,8-9H2,(H,16,17)(H,18,19). The summed E-state index contributed by atoms with van der Waals surface area (Å²) in [6.07, 6.45) is -0.0414. The van der Waals surface area contributed by atoms with Crippen molar-refractivity contribution in [1.82, 2.24) is 4.98 Å². The maximum atomic E-state index is 11.4. The topological polar surface area (TPSA) is 80.7 Å². The van der Waals surface area contributed by atoms with Gasteiger partial charge in [-0.2, -0.15) is 0 Å². The number of rotatable bonds is 4. The highest BCUT2D eigenvalue weighted by atomic mass is 16.6. The van der Waals surface area contributed by atoms with Crippen LogP contribution in [0.3, 0.4) is 0 Å². The normalized spacial score (nSPS) is 18.6. The molecule has 1 unspecified atom stereocenters. The second kappa shape index (κ2) is 6.07. The maximum Gasteiger partial charge on any atom is 0.336 e. The minimum Gasteiger partial charge on any atom is -0.478 e. The van der Waals surface area contributed by atoms with Gasteiger partial charge in [0, 0.05) is 11.9 Å². The summed E-state index contributed by atoms with van der Waals surface area (Å²) in [6, 6.07) is 8.74. The van der Waals surface area contributed by atoms with Crippen molar-refractivity contribution in [1.29, 1.82) is 0 Å². The molecule has 1 aromatic carbocycles. The molecule has 2 N–H and O–H groups in total. The van der Waals surface area contributed by atoms with Crippen LogP contribution in [0.5, 0.6) is 0 Å². The Labute approximate surface area is 121 Å². The van der Waals surface area contributed by atoms with Crippen LogP contribution in [-0.2, 0) is 9.47 Å². The van der Waals surface area contributed by atoms with Crippen molar-refractivity contribution in [3.05, 3.63) is 35.9 Å². The number of anilines is 1. The summed E-state index contributed by atoms with van der Waals surface area (Å²) in [5.74, 6) is -0.436. The first kappa shape index (κ1) is 13.8. The first-order chi connectivity index (χ1) is 10.2. The minimum atomic E-state index is -0.964. The van der Waals surface area contributed by atoms with Crippen LogP contribution in [0.4, 0.5) is 5.82 Å². The average Bonchev–Trinajstić information content (AvgIpc) is 2.53. The van der Waals surface area contributed by atoms with E-state index in [0.717, 1.165) is 0 Å². The molecule has 1 fully saturated rings. The van der Waals surface area contributed by atoms with Crippen molar-refractivity contribution in [3.63, 3.8) is 0 Å². The molecule has 1 saturated heterocycles. The van der Waals surface area contributed by atoms with Crippen LogP contribution < -0.4 is 5.32 Å². The summed E-state index contributed by atoms with van der Waals surface area (Å²) in [7, 11) is 0. The molecule has 0 spiro atoms. The van der Waals surface area contributed by atoms with Crippen LogP contribution >= 0.6 is 0 Å².